The summed E-state index contributed by atoms with van der Waals surface area (Å²) in [6, 6.07) is 1.29. The zero-order valence-corrected chi connectivity index (χ0v) is 5.51. The highest BCUT2D eigenvalue weighted by molar-refractivity contribution is 5.25. The van der Waals surface area contributed by atoms with Gasteiger partial charge in [-0.1, -0.05) is 0 Å². The van der Waals surface area contributed by atoms with Crippen molar-refractivity contribution < 1.29 is 10.2 Å². The van der Waals surface area contributed by atoms with Gasteiger partial charge >= 0.3 is 5.69 Å². The number of nitrogens with zero attached hydrogens (tertiary/aromatic N) is 2. The number of nitrogen functional groups attached to an aromatic ring is 1. The Morgan fingerprint density at radius 2 is 2.27 bits per heavy atom. The Morgan fingerprint density at radius 1 is 1.64 bits per heavy atom. The lowest BCUT2D eigenvalue weighted by Crippen LogP contribution is -2.28. The van der Waals surface area contributed by atoms with Crippen LogP contribution in [0.25, 0.3) is 0 Å². The molecule has 0 fully saturated rings. The first-order valence-electron chi connectivity index (χ1n) is 2.82. The smallest absolute Gasteiger partial charge is 0.353 e. The minimum absolute atomic E-state index is 0.0417. The largest absolute Gasteiger partial charge is 0.385 e. The third-order valence-corrected chi connectivity index (χ3v) is 1.15. The van der Waals surface area contributed by atoms with Crippen molar-refractivity contribution in [3.8, 4) is 0 Å². The van der Waals surface area contributed by atoms with Gasteiger partial charge in [0.2, 0.25) is 6.41 Å². The van der Waals surface area contributed by atoms with Crippen molar-refractivity contribution in [1.82, 2.24) is 9.55 Å². The molecule has 0 aliphatic carbocycles. The van der Waals surface area contributed by atoms with Crippen molar-refractivity contribution in [2.24, 2.45) is 0 Å². The van der Waals surface area contributed by atoms with E-state index in [1.807, 2.05) is 0 Å². The highest BCUT2D eigenvalue weighted by Gasteiger charge is 2.06. The van der Waals surface area contributed by atoms with Crippen molar-refractivity contribution in [3.63, 3.8) is 0 Å². The fourth-order valence-electron chi connectivity index (χ4n) is 0.662. The minimum atomic E-state index is -1.93. The van der Waals surface area contributed by atoms with Crippen LogP contribution in [0.2, 0.25) is 0 Å². The molecule has 0 spiro atoms. The van der Waals surface area contributed by atoms with Crippen molar-refractivity contribution in [2.75, 3.05) is 5.73 Å². The summed E-state index contributed by atoms with van der Waals surface area (Å²) < 4.78 is 0.556. The Morgan fingerprint density at radius 3 is 2.64 bits per heavy atom. The van der Waals surface area contributed by atoms with E-state index in [1.54, 1.807) is 0 Å². The molecule has 4 N–H and O–H groups in total. The lowest BCUT2D eigenvalue weighted by atomic mass is 10.6. The molecule has 0 unspecified atom stereocenters. The second-order valence-corrected chi connectivity index (χ2v) is 1.87. The van der Waals surface area contributed by atoms with E-state index in [1.165, 1.54) is 12.3 Å². The predicted molar refractivity (Wildman–Crippen MR) is 36.4 cm³/mol. The van der Waals surface area contributed by atoms with Gasteiger partial charge in [-0.15, -0.1) is 0 Å². The van der Waals surface area contributed by atoms with E-state index in [9.17, 15) is 4.79 Å². The lowest BCUT2D eigenvalue weighted by molar-refractivity contribution is -0.103. The van der Waals surface area contributed by atoms with Gasteiger partial charge in [0.25, 0.3) is 0 Å². The van der Waals surface area contributed by atoms with Crippen LogP contribution in [0.1, 0.15) is 6.41 Å². The van der Waals surface area contributed by atoms with Crippen LogP contribution in [0.4, 0.5) is 5.82 Å². The van der Waals surface area contributed by atoms with Crippen LogP contribution in [0.15, 0.2) is 17.1 Å². The molecular weight excluding hydrogens is 150 g/mol. The van der Waals surface area contributed by atoms with Crippen LogP contribution in [0.3, 0.4) is 0 Å². The van der Waals surface area contributed by atoms with Gasteiger partial charge in [0.05, 0.1) is 0 Å². The van der Waals surface area contributed by atoms with Gasteiger partial charge in [-0.2, -0.15) is 0 Å². The number of aromatic nitrogens is 2. The first-order chi connectivity index (χ1) is 5.13. The Kier molecular flexibility index (Phi) is 1.88. The average molecular weight is 157 g/mol. The van der Waals surface area contributed by atoms with E-state index in [0.717, 1.165) is 0 Å². The Labute approximate surface area is 61.5 Å². The van der Waals surface area contributed by atoms with Crippen molar-refractivity contribution in [2.45, 2.75) is 6.41 Å². The molecular formula is C5H7N3O3. The molecule has 1 aromatic heterocycles. The van der Waals surface area contributed by atoms with E-state index in [-0.39, 0.29) is 5.82 Å². The minimum Gasteiger partial charge on any atom is -0.385 e. The van der Waals surface area contributed by atoms with Crippen LogP contribution in [0.5, 0.6) is 0 Å². The molecule has 11 heavy (non-hydrogen) atoms. The van der Waals surface area contributed by atoms with E-state index in [2.05, 4.69) is 4.98 Å². The van der Waals surface area contributed by atoms with Crippen molar-refractivity contribution >= 4 is 5.82 Å². The zero-order valence-electron chi connectivity index (χ0n) is 5.51. The molecule has 6 nitrogen and oxygen atoms in total. The quantitative estimate of drug-likeness (QED) is 0.420. The molecule has 60 valence electrons. The van der Waals surface area contributed by atoms with E-state index in [4.69, 9.17) is 15.9 Å². The summed E-state index contributed by atoms with van der Waals surface area (Å²) in [5.74, 6) is -0.0417. The van der Waals surface area contributed by atoms with Crippen LogP contribution in [-0.4, -0.2) is 19.8 Å². The van der Waals surface area contributed by atoms with Crippen molar-refractivity contribution in [3.05, 3.63) is 22.7 Å². The molecule has 6 heteroatoms. The molecule has 0 radical (unpaired) electrons. The highest BCUT2D eigenvalue weighted by atomic mass is 16.5. The van der Waals surface area contributed by atoms with Gasteiger partial charge in [-0.3, -0.25) is 0 Å². The fourth-order valence-corrected chi connectivity index (χ4v) is 0.662. The Balaban J connectivity index is 3.33. The molecule has 0 aliphatic heterocycles. The summed E-state index contributed by atoms with van der Waals surface area (Å²) in [6.45, 7) is 0. The second kappa shape index (κ2) is 2.69. The fraction of sp³-hybridized carbons (Fsp3) is 0.200. The Bertz CT molecular complexity index is 306. The molecule has 0 amide bonds. The van der Waals surface area contributed by atoms with Crippen LogP contribution in [0, 0.1) is 0 Å². The monoisotopic (exact) mass is 157 g/mol. The topological polar surface area (TPSA) is 101 Å². The first-order valence-corrected chi connectivity index (χ1v) is 2.82. The molecule has 0 atom stereocenters. The second-order valence-electron chi connectivity index (χ2n) is 1.87. The van der Waals surface area contributed by atoms with E-state index in [0.29, 0.717) is 4.57 Å². The number of hydrogen-bond acceptors (Lipinski definition) is 5. The normalized spacial score (nSPS) is 10.5. The molecule has 0 bridgehead atoms. The molecule has 0 aromatic carbocycles. The maximum Gasteiger partial charge on any atom is 0.353 e. The van der Waals surface area contributed by atoms with E-state index < -0.39 is 12.1 Å². The predicted octanol–water partition coefficient (Wildman–Crippen LogP) is -1.73. The van der Waals surface area contributed by atoms with Gasteiger partial charge in [-0.25, -0.2) is 14.3 Å². The van der Waals surface area contributed by atoms with Crippen LogP contribution >= 0.6 is 0 Å². The van der Waals surface area contributed by atoms with Gasteiger partial charge < -0.3 is 15.9 Å². The van der Waals surface area contributed by atoms with Gasteiger partial charge in [-0.05, 0) is 6.07 Å². The molecule has 1 heterocycles. The van der Waals surface area contributed by atoms with Gasteiger partial charge in [0.15, 0.2) is 0 Å². The molecule has 1 rings (SSSR count). The van der Waals surface area contributed by atoms with Crippen LogP contribution in [-0.2, 0) is 0 Å². The molecule has 0 saturated heterocycles. The SMILES string of the molecule is Nc1ccnc(=O)n1C(O)O. The van der Waals surface area contributed by atoms with Crippen LogP contribution < -0.4 is 11.4 Å². The zero-order chi connectivity index (χ0) is 8.43. The van der Waals surface area contributed by atoms with E-state index >= 15 is 0 Å². The molecule has 1 aromatic rings. The summed E-state index contributed by atoms with van der Waals surface area (Å²) in [7, 11) is 0. The molecule has 0 saturated carbocycles. The summed E-state index contributed by atoms with van der Waals surface area (Å²) >= 11 is 0. The third-order valence-electron chi connectivity index (χ3n) is 1.15. The summed E-state index contributed by atoms with van der Waals surface area (Å²) in [6.07, 6.45) is -0.743. The number of nitrogens with two attached hydrogens (primary N) is 1. The maximum absolute atomic E-state index is 10.7. The average Bonchev–Trinajstić information content (AvgIpc) is 1.85. The molecule has 0 aliphatic rings. The third kappa shape index (κ3) is 1.36. The number of aliphatic hydroxyl groups is 2. The number of rotatable bonds is 1. The Hall–Kier alpha value is -1.40. The number of anilines is 1. The summed E-state index contributed by atoms with van der Waals surface area (Å²) in [4.78, 5) is 14.0. The standard InChI is InChI=1S/C5H7N3O3/c6-3-1-2-7-4(9)8(3)5(10)11/h1-2,5,10-11H,6H2. The van der Waals surface area contributed by atoms with Gasteiger partial charge in [0.1, 0.15) is 5.82 Å². The van der Waals surface area contributed by atoms with Crippen molar-refractivity contribution in [1.29, 1.82) is 0 Å². The number of aliphatic hydroxyl groups excluding tert-OH is 1. The highest BCUT2D eigenvalue weighted by Crippen LogP contribution is 2.00. The maximum atomic E-state index is 10.7. The van der Waals surface area contributed by atoms with Gasteiger partial charge in [0, 0.05) is 6.20 Å². The summed E-state index contributed by atoms with van der Waals surface area (Å²) in [5, 5.41) is 17.2. The summed E-state index contributed by atoms with van der Waals surface area (Å²) in [5.41, 5.74) is 4.43. The lowest BCUT2D eigenvalue weighted by Gasteiger charge is -2.08. The number of hydrogen-bond donors (Lipinski definition) is 3. The first kappa shape index (κ1) is 7.70.